The fourth-order valence-corrected chi connectivity index (χ4v) is 2.79. The molecule has 0 radical (unpaired) electrons. The maximum Gasteiger partial charge on any atom is 0.0897 e. The number of rotatable bonds is 11. The molecule has 0 fully saturated rings. The Kier molecular flexibility index (Phi) is 9.98. The van der Waals surface area contributed by atoms with E-state index in [4.69, 9.17) is 4.74 Å². The highest BCUT2D eigenvalue weighted by Crippen LogP contribution is 2.24. The summed E-state index contributed by atoms with van der Waals surface area (Å²) in [5.41, 5.74) is 0. The molecule has 0 spiro atoms. The van der Waals surface area contributed by atoms with E-state index in [1.165, 1.54) is 25.7 Å². The number of hydrogen-bond acceptors (Lipinski definition) is 3. The molecule has 0 saturated carbocycles. The number of aliphatic hydroxyl groups is 1. The summed E-state index contributed by atoms with van der Waals surface area (Å²) >= 11 is 0. The van der Waals surface area contributed by atoms with Crippen LogP contribution in [0.1, 0.15) is 59.3 Å². The van der Waals surface area contributed by atoms with E-state index in [2.05, 4.69) is 38.2 Å². The number of nitrogens with one attached hydrogen (secondary N) is 1. The van der Waals surface area contributed by atoms with Gasteiger partial charge in [0, 0.05) is 12.6 Å². The third-order valence-corrected chi connectivity index (χ3v) is 4.50. The van der Waals surface area contributed by atoms with Crippen LogP contribution < -0.4 is 5.32 Å². The third kappa shape index (κ3) is 8.60. The molecule has 0 aromatic carbocycles. The van der Waals surface area contributed by atoms with Crippen LogP contribution in [0.15, 0.2) is 12.2 Å². The minimum Gasteiger partial charge on any atom is -0.389 e. The number of unbranched alkanes of at least 4 members (excludes halogenated alkanes) is 2. The minimum atomic E-state index is -0.395. The molecule has 0 aliphatic heterocycles. The number of ether oxygens (including phenoxy) is 1. The second-order valence-electron chi connectivity index (χ2n) is 6.68. The predicted octanol–water partition coefficient (Wildman–Crippen LogP) is 3.52. The standard InChI is InChI=1S/C18H35NO2/c1-4-5-6-10-16(3)19-12-18(20)14-21-13-17-11-8-7-9-15(17)2/h7-8,15-20H,4-6,9-14H2,1-3H3. The first kappa shape index (κ1) is 18.7. The molecule has 0 saturated heterocycles. The van der Waals surface area contributed by atoms with Crippen molar-refractivity contribution >= 4 is 0 Å². The fraction of sp³-hybridized carbons (Fsp3) is 0.889. The third-order valence-electron chi connectivity index (χ3n) is 4.50. The molecule has 0 heterocycles. The van der Waals surface area contributed by atoms with Crippen LogP contribution in [-0.4, -0.2) is 37.0 Å². The van der Waals surface area contributed by atoms with Gasteiger partial charge in [0.15, 0.2) is 0 Å². The Hall–Kier alpha value is -0.380. The van der Waals surface area contributed by atoms with Crippen LogP contribution in [0, 0.1) is 11.8 Å². The Labute approximate surface area is 131 Å². The van der Waals surface area contributed by atoms with E-state index >= 15 is 0 Å². The van der Waals surface area contributed by atoms with Crippen LogP contribution in [-0.2, 0) is 4.74 Å². The highest BCUT2D eigenvalue weighted by atomic mass is 16.5. The summed E-state index contributed by atoms with van der Waals surface area (Å²) in [5, 5.41) is 13.4. The molecule has 2 N–H and O–H groups in total. The van der Waals surface area contributed by atoms with E-state index in [0.29, 0.717) is 31.0 Å². The van der Waals surface area contributed by atoms with Gasteiger partial charge in [0.05, 0.1) is 19.3 Å². The molecule has 124 valence electrons. The summed E-state index contributed by atoms with van der Waals surface area (Å²) in [6.45, 7) is 8.55. The normalized spacial score (nSPS) is 25.0. The van der Waals surface area contributed by atoms with Crippen molar-refractivity contribution in [3.63, 3.8) is 0 Å². The van der Waals surface area contributed by atoms with Gasteiger partial charge in [0.2, 0.25) is 0 Å². The van der Waals surface area contributed by atoms with Gasteiger partial charge in [-0.3, -0.25) is 0 Å². The Morgan fingerprint density at radius 3 is 2.76 bits per heavy atom. The van der Waals surface area contributed by atoms with Crippen LogP contribution in [0.3, 0.4) is 0 Å². The van der Waals surface area contributed by atoms with Crippen molar-refractivity contribution in [1.29, 1.82) is 0 Å². The molecule has 0 amide bonds. The first-order valence-electron chi connectivity index (χ1n) is 8.77. The zero-order chi connectivity index (χ0) is 15.5. The first-order valence-corrected chi connectivity index (χ1v) is 8.77. The lowest BCUT2D eigenvalue weighted by Gasteiger charge is -2.25. The average molecular weight is 297 g/mol. The summed E-state index contributed by atoms with van der Waals surface area (Å²) in [7, 11) is 0. The molecule has 1 rings (SSSR count). The molecule has 0 bridgehead atoms. The van der Waals surface area contributed by atoms with Gasteiger partial charge in [0.25, 0.3) is 0 Å². The van der Waals surface area contributed by atoms with Crippen LogP contribution >= 0.6 is 0 Å². The van der Waals surface area contributed by atoms with E-state index in [9.17, 15) is 5.11 Å². The largest absolute Gasteiger partial charge is 0.389 e. The minimum absolute atomic E-state index is 0.395. The SMILES string of the molecule is CCCCCC(C)NCC(O)COCC1CC=CCC1C. The highest BCUT2D eigenvalue weighted by Gasteiger charge is 2.18. The monoisotopic (exact) mass is 297 g/mol. The number of allylic oxidation sites excluding steroid dienone is 2. The van der Waals surface area contributed by atoms with E-state index in [1.807, 2.05) is 0 Å². The second-order valence-corrected chi connectivity index (χ2v) is 6.68. The molecular weight excluding hydrogens is 262 g/mol. The summed E-state index contributed by atoms with van der Waals surface area (Å²) in [4.78, 5) is 0. The van der Waals surface area contributed by atoms with E-state index < -0.39 is 6.10 Å². The first-order chi connectivity index (χ1) is 10.1. The van der Waals surface area contributed by atoms with Crippen LogP contribution in [0.25, 0.3) is 0 Å². The van der Waals surface area contributed by atoms with Crippen molar-refractivity contribution in [2.24, 2.45) is 11.8 Å². The highest BCUT2D eigenvalue weighted by molar-refractivity contribution is 4.93. The summed E-state index contributed by atoms with van der Waals surface area (Å²) in [6, 6.07) is 0.481. The Morgan fingerprint density at radius 2 is 2.05 bits per heavy atom. The Morgan fingerprint density at radius 1 is 1.29 bits per heavy atom. The van der Waals surface area contributed by atoms with Gasteiger partial charge in [-0.1, -0.05) is 45.3 Å². The van der Waals surface area contributed by atoms with Crippen LogP contribution in [0.2, 0.25) is 0 Å². The molecule has 4 atom stereocenters. The summed E-state index contributed by atoms with van der Waals surface area (Å²) in [5.74, 6) is 1.31. The van der Waals surface area contributed by atoms with Crippen LogP contribution in [0.4, 0.5) is 0 Å². The Bertz CT molecular complexity index is 280. The van der Waals surface area contributed by atoms with Gasteiger partial charge in [-0.05, 0) is 38.0 Å². The van der Waals surface area contributed by atoms with Crippen molar-refractivity contribution < 1.29 is 9.84 Å². The van der Waals surface area contributed by atoms with E-state index in [1.54, 1.807) is 0 Å². The van der Waals surface area contributed by atoms with Gasteiger partial charge in [-0.2, -0.15) is 0 Å². The quantitative estimate of drug-likeness (QED) is 0.453. The number of aliphatic hydroxyl groups excluding tert-OH is 1. The average Bonchev–Trinajstić information content (AvgIpc) is 2.47. The van der Waals surface area contributed by atoms with Gasteiger partial charge < -0.3 is 15.2 Å². The zero-order valence-electron chi connectivity index (χ0n) is 14.2. The van der Waals surface area contributed by atoms with Crippen molar-refractivity contribution in [3.8, 4) is 0 Å². The van der Waals surface area contributed by atoms with Gasteiger partial charge in [-0.25, -0.2) is 0 Å². The maximum absolute atomic E-state index is 9.96. The molecule has 0 aromatic heterocycles. The summed E-state index contributed by atoms with van der Waals surface area (Å²) < 4.78 is 5.71. The second kappa shape index (κ2) is 11.2. The molecule has 3 nitrogen and oxygen atoms in total. The van der Waals surface area contributed by atoms with Gasteiger partial charge in [0.1, 0.15) is 0 Å². The predicted molar refractivity (Wildman–Crippen MR) is 89.5 cm³/mol. The summed E-state index contributed by atoms with van der Waals surface area (Å²) in [6.07, 6.45) is 11.4. The fourth-order valence-electron chi connectivity index (χ4n) is 2.79. The van der Waals surface area contributed by atoms with E-state index in [0.717, 1.165) is 19.4 Å². The van der Waals surface area contributed by atoms with E-state index in [-0.39, 0.29) is 0 Å². The van der Waals surface area contributed by atoms with Gasteiger partial charge in [-0.15, -0.1) is 0 Å². The Balaban J connectivity index is 2.03. The molecule has 21 heavy (non-hydrogen) atoms. The molecule has 3 heteroatoms. The van der Waals surface area contributed by atoms with Gasteiger partial charge >= 0.3 is 0 Å². The molecular formula is C18H35NO2. The van der Waals surface area contributed by atoms with Crippen LogP contribution in [0.5, 0.6) is 0 Å². The lowest BCUT2D eigenvalue weighted by atomic mass is 9.85. The maximum atomic E-state index is 9.96. The van der Waals surface area contributed by atoms with Crippen molar-refractivity contribution in [2.45, 2.75) is 71.4 Å². The molecule has 1 aliphatic rings. The molecule has 1 aliphatic carbocycles. The lowest BCUT2D eigenvalue weighted by Crippen LogP contribution is -2.36. The smallest absolute Gasteiger partial charge is 0.0897 e. The molecule has 0 aromatic rings. The molecule has 4 unspecified atom stereocenters. The number of hydrogen-bond donors (Lipinski definition) is 2. The van der Waals surface area contributed by atoms with Crippen molar-refractivity contribution in [3.05, 3.63) is 12.2 Å². The topological polar surface area (TPSA) is 41.5 Å². The van der Waals surface area contributed by atoms with Crippen molar-refractivity contribution in [1.82, 2.24) is 5.32 Å². The van der Waals surface area contributed by atoms with Crippen molar-refractivity contribution in [2.75, 3.05) is 19.8 Å². The lowest BCUT2D eigenvalue weighted by molar-refractivity contribution is 0.0120. The zero-order valence-corrected chi connectivity index (χ0v) is 14.2.